The zero-order valence-electron chi connectivity index (χ0n) is 6.95. The Bertz CT molecular complexity index is 322. The first-order valence-electron chi connectivity index (χ1n) is 3.98. The summed E-state index contributed by atoms with van der Waals surface area (Å²) in [6.07, 6.45) is 1.07. The van der Waals surface area contributed by atoms with Crippen LogP contribution in [0, 0.1) is 4.91 Å². The maximum Gasteiger partial charge on any atom is 0.110 e. The second-order valence-electron chi connectivity index (χ2n) is 3.08. The van der Waals surface area contributed by atoms with Crippen LogP contribution < -0.4 is 4.90 Å². The fourth-order valence-electron chi connectivity index (χ4n) is 1.58. The molecule has 0 N–H and O–H groups in total. The summed E-state index contributed by atoms with van der Waals surface area (Å²) in [5.41, 5.74) is 2.97. The molecule has 1 aromatic rings. The highest BCUT2D eigenvalue weighted by Crippen LogP contribution is 2.30. The van der Waals surface area contributed by atoms with Crippen molar-refractivity contribution in [1.29, 1.82) is 0 Å². The summed E-state index contributed by atoms with van der Waals surface area (Å²) in [6, 6.07) is 5.59. The third kappa shape index (κ3) is 0.978. The molecule has 1 aromatic carbocycles. The molecule has 0 radical (unpaired) electrons. The average molecular weight is 162 g/mol. The Hall–Kier alpha value is -1.38. The molecule has 12 heavy (non-hydrogen) atoms. The maximum atomic E-state index is 10.2. The number of fused-ring (bicyclic) bond motifs is 1. The van der Waals surface area contributed by atoms with Crippen LogP contribution in [0.3, 0.4) is 0 Å². The number of nitrogens with zero attached hydrogens (tertiary/aromatic N) is 2. The molecule has 3 nitrogen and oxygen atoms in total. The van der Waals surface area contributed by atoms with E-state index in [2.05, 4.69) is 10.1 Å². The Labute approximate surface area is 71.0 Å². The smallest absolute Gasteiger partial charge is 0.110 e. The minimum atomic E-state index is 0.516. The van der Waals surface area contributed by atoms with Crippen molar-refractivity contribution in [3.05, 3.63) is 28.7 Å². The molecular formula is C9H10N2O. The van der Waals surface area contributed by atoms with Gasteiger partial charge in [-0.2, -0.15) is 0 Å². The van der Waals surface area contributed by atoms with Gasteiger partial charge < -0.3 is 4.90 Å². The zero-order valence-corrected chi connectivity index (χ0v) is 6.95. The molecule has 2 rings (SSSR count). The molecule has 0 fully saturated rings. The van der Waals surface area contributed by atoms with Crippen LogP contribution in [0.1, 0.15) is 5.56 Å². The van der Waals surface area contributed by atoms with Gasteiger partial charge in [-0.15, -0.1) is 4.91 Å². The van der Waals surface area contributed by atoms with Crippen molar-refractivity contribution < 1.29 is 0 Å². The Morgan fingerprint density at radius 3 is 3.08 bits per heavy atom. The van der Waals surface area contributed by atoms with E-state index in [1.165, 1.54) is 5.56 Å². The molecule has 0 atom stereocenters. The third-order valence-corrected chi connectivity index (χ3v) is 2.30. The summed E-state index contributed by atoms with van der Waals surface area (Å²) >= 11 is 0. The molecule has 0 unspecified atom stereocenters. The van der Waals surface area contributed by atoms with Crippen LogP contribution in [0.5, 0.6) is 0 Å². The lowest BCUT2D eigenvalue weighted by molar-refractivity contribution is 0.956. The first-order chi connectivity index (χ1) is 5.81. The minimum absolute atomic E-state index is 0.516. The van der Waals surface area contributed by atoms with Gasteiger partial charge in [0.2, 0.25) is 0 Å². The predicted octanol–water partition coefficient (Wildman–Crippen LogP) is 2.08. The molecule has 0 saturated carbocycles. The van der Waals surface area contributed by atoms with Gasteiger partial charge in [-0.3, -0.25) is 0 Å². The molecule has 0 bridgehead atoms. The largest absolute Gasteiger partial charge is 0.374 e. The van der Waals surface area contributed by atoms with Crippen molar-refractivity contribution in [3.8, 4) is 0 Å². The number of hydrogen-bond donors (Lipinski definition) is 0. The molecule has 3 heteroatoms. The van der Waals surface area contributed by atoms with Crippen LogP contribution in [0.25, 0.3) is 0 Å². The van der Waals surface area contributed by atoms with Crippen LogP contribution in [-0.2, 0) is 6.42 Å². The summed E-state index contributed by atoms with van der Waals surface area (Å²) in [5, 5.41) is 2.91. The monoisotopic (exact) mass is 162 g/mol. The van der Waals surface area contributed by atoms with Crippen molar-refractivity contribution in [2.24, 2.45) is 5.18 Å². The maximum absolute atomic E-state index is 10.2. The zero-order chi connectivity index (χ0) is 8.55. The van der Waals surface area contributed by atoms with E-state index in [1.807, 2.05) is 19.2 Å². The molecular weight excluding hydrogens is 152 g/mol. The van der Waals surface area contributed by atoms with Gasteiger partial charge in [0.15, 0.2) is 0 Å². The number of anilines is 1. The standard InChI is InChI=1S/C9H10N2O/c1-11-5-4-7-2-3-8(10-12)6-9(7)11/h2-3,6H,4-5H2,1H3. The van der Waals surface area contributed by atoms with E-state index in [0.29, 0.717) is 5.69 Å². The Morgan fingerprint density at radius 2 is 2.33 bits per heavy atom. The Morgan fingerprint density at radius 1 is 1.50 bits per heavy atom. The summed E-state index contributed by atoms with van der Waals surface area (Å²) in [4.78, 5) is 12.4. The van der Waals surface area contributed by atoms with E-state index < -0.39 is 0 Å². The van der Waals surface area contributed by atoms with Crippen LogP contribution in [0.2, 0.25) is 0 Å². The van der Waals surface area contributed by atoms with Gasteiger partial charge in [0.25, 0.3) is 0 Å². The molecule has 1 aliphatic rings. The van der Waals surface area contributed by atoms with Gasteiger partial charge in [-0.05, 0) is 29.3 Å². The Balaban J connectivity index is 2.50. The first kappa shape index (κ1) is 7.28. The van der Waals surface area contributed by atoms with E-state index >= 15 is 0 Å². The lowest BCUT2D eigenvalue weighted by Gasteiger charge is -2.10. The minimum Gasteiger partial charge on any atom is -0.374 e. The second kappa shape index (κ2) is 2.59. The van der Waals surface area contributed by atoms with Gasteiger partial charge in [-0.25, -0.2) is 0 Å². The number of nitroso groups, excluding NO2 is 1. The summed E-state index contributed by atoms with van der Waals surface area (Å²) in [7, 11) is 2.03. The fraction of sp³-hybridized carbons (Fsp3) is 0.333. The van der Waals surface area contributed by atoms with Crippen LogP contribution in [-0.4, -0.2) is 13.6 Å². The lowest BCUT2D eigenvalue weighted by atomic mass is 10.1. The number of likely N-dealkylation sites (N-methyl/N-ethyl adjacent to an activating group) is 1. The summed E-state index contributed by atoms with van der Waals surface area (Å²) in [6.45, 7) is 1.04. The topological polar surface area (TPSA) is 32.7 Å². The van der Waals surface area contributed by atoms with Crippen molar-refractivity contribution >= 4 is 11.4 Å². The molecule has 1 aliphatic heterocycles. The number of benzene rings is 1. The first-order valence-corrected chi connectivity index (χ1v) is 3.98. The van der Waals surface area contributed by atoms with Gasteiger partial charge in [0.05, 0.1) is 0 Å². The van der Waals surface area contributed by atoms with E-state index in [9.17, 15) is 4.91 Å². The normalized spacial score (nSPS) is 14.6. The summed E-state index contributed by atoms with van der Waals surface area (Å²) < 4.78 is 0. The highest BCUT2D eigenvalue weighted by Gasteiger charge is 2.15. The fourth-order valence-corrected chi connectivity index (χ4v) is 1.58. The van der Waals surface area contributed by atoms with Crippen LogP contribution in [0.15, 0.2) is 23.4 Å². The third-order valence-electron chi connectivity index (χ3n) is 2.30. The van der Waals surface area contributed by atoms with Crippen molar-refractivity contribution in [2.75, 3.05) is 18.5 Å². The van der Waals surface area contributed by atoms with Crippen molar-refractivity contribution in [2.45, 2.75) is 6.42 Å². The molecule has 0 aromatic heterocycles. The van der Waals surface area contributed by atoms with Crippen molar-refractivity contribution in [3.63, 3.8) is 0 Å². The number of rotatable bonds is 1. The molecule has 0 amide bonds. The van der Waals surface area contributed by atoms with E-state index in [4.69, 9.17) is 0 Å². The van der Waals surface area contributed by atoms with E-state index in [-0.39, 0.29) is 0 Å². The average Bonchev–Trinajstić information content (AvgIpc) is 2.47. The molecule has 0 spiro atoms. The van der Waals surface area contributed by atoms with Gasteiger partial charge in [0, 0.05) is 19.3 Å². The van der Waals surface area contributed by atoms with E-state index in [0.717, 1.165) is 18.7 Å². The molecule has 62 valence electrons. The highest BCUT2D eigenvalue weighted by molar-refractivity contribution is 5.63. The molecule has 0 aliphatic carbocycles. The van der Waals surface area contributed by atoms with E-state index in [1.54, 1.807) is 6.07 Å². The SMILES string of the molecule is CN1CCc2ccc(N=O)cc21. The van der Waals surface area contributed by atoms with Crippen molar-refractivity contribution in [1.82, 2.24) is 0 Å². The summed E-state index contributed by atoms with van der Waals surface area (Å²) in [5.74, 6) is 0. The second-order valence-corrected chi connectivity index (χ2v) is 3.08. The predicted molar refractivity (Wildman–Crippen MR) is 48.9 cm³/mol. The molecule has 0 saturated heterocycles. The lowest BCUT2D eigenvalue weighted by Crippen LogP contribution is -2.12. The quantitative estimate of drug-likeness (QED) is 0.592. The van der Waals surface area contributed by atoms with Crippen LogP contribution in [0.4, 0.5) is 11.4 Å². The number of hydrogen-bond acceptors (Lipinski definition) is 3. The van der Waals surface area contributed by atoms with Crippen LogP contribution >= 0.6 is 0 Å². The Kier molecular flexibility index (Phi) is 1.57. The van der Waals surface area contributed by atoms with Gasteiger partial charge in [0.1, 0.15) is 5.69 Å². The van der Waals surface area contributed by atoms with Gasteiger partial charge >= 0.3 is 0 Å². The highest BCUT2D eigenvalue weighted by atomic mass is 16.3. The molecule has 1 heterocycles. The van der Waals surface area contributed by atoms with Gasteiger partial charge in [-0.1, -0.05) is 6.07 Å².